The number of nitrogens with one attached hydrogen (secondary N) is 1. The number of carbonyl (C=O) groups excluding carboxylic acids is 2. The van der Waals surface area contributed by atoms with Crippen LogP contribution in [0.2, 0.25) is 0 Å². The molecule has 0 aliphatic heterocycles. The molecule has 2 rings (SSSR count). The number of amides is 2. The van der Waals surface area contributed by atoms with Crippen LogP contribution in [0.1, 0.15) is 31.9 Å². The van der Waals surface area contributed by atoms with E-state index in [1.807, 2.05) is 31.2 Å². The molecule has 2 amide bonds. The zero-order valence-electron chi connectivity index (χ0n) is 16.8. The Labute approximate surface area is 166 Å². The molecule has 2 aromatic rings. The molecule has 0 saturated carbocycles. The van der Waals surface area contributed by atoms with Gasteiger partial charge in [-0.25, -0.2) is 0 Å². The van der Waals surface area contributed by atoms with Crippen molar-refractivity contribution in [1.82, 2.24) is 0 Å². The normalized spacial score (nSPS) is 10.1. The fraction of sp³-hybridized carbons (Fsp3) is 0.318. The van der Waals surface area contributed by atoms with Crippen molar-refractivity contribution in [2.24, 2.45) is 0 Å². The summed E-state index contributed by atoms with van der Waals surface area (Å²) in [5, 5.41) is 11.6. The van der Waals surface area contributed by atoms with E-state index in [4.69, 9.17) is 5.26 Å². The first-order valence-corrected chi connectivity index (χ1v) is 9.33. The third-order valence-electron chi connectivity index (χ3n) is 4.58. The van der Waals surface area contributed by atoms with Crippen molar-refractivity contribution < 1.29 is 9.59 Å². The van der Waals surface area contributed by atoms with Gasteiger partial charge in [-0.05, 0) is 68.8 Å². The number of benzene rings is 2. The first-order chi connectivity index (χ1) is 13.4. The largest absolute Gasteiger partial charge is 0.372 e. The van der Waals surface area contributed by atoms with Crippen LogP contribution < -0.4 is 15.1 Å². The standard InChI is InChI=1S/C22H26N4O2/c1-5-25(6-2)20-11-12-21(16(3)13-20)26(17(4)27)15-22(28)24-19-9-7-18(14-23)8-10-19/h7-13H,5-6,15H2,1-4H3,(H,24,28). The number of anilines is 3. The zero-order chi connectivity index (χ0) is 20.7. The zero-order valence-corrected chi connectivity index (χ0v) is 16.8. The van der Waals surface area contributed by atoms with E-state index in [1.54, 1.807) is 24.3 Å². The highest BCUT2D eigenvalue weighted by atomic mass is 16.2. The number of carbonyl (C=O) groups is 2. The number of aryl methyl sites for hydroxylation is 1. The molecule has 0 atom stereocenters. The molecule has 6 heteroatoms. The predicted molar refractivity (Wildman–Crippen MR) is 113 cm³/mol. The second-order valence-electron chi connectivity index (χ2n) is 6.49. The van der Waals surface area contributed by atoms with Crippen molar-refractivity contribution in [1.29, 1.82) is 5.26 Å². The van der Waals surface area contributed by atoms with Crippen LogP contribution in [0.4, 0.5) is 17.1 Å². The van der Waals surface area contributed by atoms with Crippen LogP contribution in [0.25, 0.3) is 0 Å². The van der Waals surface area contributed by atoms with Gasteiger partial charge in [-0.1, -0.05) is 0 Å². The summed E-state index contributed by atoms with van der Waals surface area (Å²) in [6.07, 6.45) is 0. The maximum atomic E-state index is 12.5. The monoisotopic (exact) mass is 378 g/mol. The minimum Gasteiger partial charge on any atom is -0.372 e. The Morgan fingerprint density at radius 1 is 1.07 bits per heavy atom. The molecule has 28 heavy (non-hydrogen) atoms. The summed E-state index contributed by atoms with van der Waals surface area (Å²) in [5.74, 6) is -0.499. The van der Waals surface area contributed by atoms with Gasteiger partial charge in [0.1, 0.15) is 6.54 Å². The second kappa shape index (κ2) is 9.56. The average molecular weight is 378 g/mol. The van der Waals surface area contributed by atoms with Crippen molar-refractivity contribution in [2.75, 3.05) is 34.8 Å². The summed E-state index contributed by atoms with van der Waals surface area (Å²) in [7, 11) is 0. The highest BCUT2D eigenvalue weighted by Gasteiger charge is 2.18. The third kappa shape index (κ3) is 5.10. The van der Waals surface area contributed by atoms with Gasteiger partial charge in [-0.3, -0.25) is 9.59 Å². The number of nitriles is 1. The lowest BCUT2D eigenvalue weighted by molar-refractivity contribution is -0.120. The molecule has 0 aliphatic rings. The summed E-state index contributed by atoms with van der Waals surface area (Å²) < 4.78 is 0. The van der Waals surface area contributed by atoms with Gasteiger partial charge in [-0.15, -0.1) is 0 Å². The van der Waals surface area contributed by atoms with Gasteiger partial charge in [0.2, 0.25) is 11.8 Å². The highest BCUT2D eigenvalue weighted by molar-refractivity contribution is 6.02. The molecule has 2 aromatic carbocycles. The van der Waals surface area contributed by atoms with Gasteiger partial charge >= 0.3 is 0 Å². The Bertz CT molecular complexity index is 880. The van der Waals surface area contributed by atoms with Gasteiger partial charge in [-0.2, -0.15) is 5.26 Å². The van der Waals surface area contributed by atoms with Gasteiger partial charge in [0.05, 0.1) is 11.6 Å². The Hall–Kier alpha value is -3.33. The van der Waals surface area contributed by atoms with Crippen molar-refractivity contribution in [3.8, 4) is 6.07 Å². The molecular weight excluding hydrogens is 352 g/mol. The van der Waals surface area contributed by atoms with Crippen LogP contribution in [0.15, 0.2) is 42.5 Å². The molecule has 0 radical (unpaired) electrons. The minimum atomic E-state index is -0.299. The molecule has 6 nitrogen and oxygen atoms in total. The summed E-state index contributed by atoms with van der Waals surface area (Å²) in [5.41, 5.74) is 3.86. The Morgan fingerprint density at radius 2 is 1.71 bits per heavy atom. The van der Waals surface area contributed by atoms with Crippen LogP contribution in [-0.4, -0.2) is 31.4 Å². The van der Waals surface area contributed by atoms with E-state index in [0.29, 0.717) is 11.3 Å². The molecule has 0 saturated heterocycles. The number of nitrogens with zero attached hydrogens (tertiary/aromatic N) is 3. The first kappa shape index (κ1) is 21.0. The molecule has 1 N–H and O–H groups in total. The average Bonchev–Trinajstić information content (AvgIpc) is 2.68. The lowest BCUT2D eigenvalue weighted by atomic mass is 10.1. The van der Waals surface area contributed by atoms with E-state index < -0.39 is 0 Å². The number of rotatable bonds is 7. The summed E-state index contributed by atoms with van der Waals surface area (Å²) >= 11 is 0. The first-order valence-electron chi connectivity index (χ1n) is 9.33. The van der Waals surface area contributed by atoms with E-state index >= 15 is 0 Å². The fourth-order valence-electron chi connectivity index (χ4n) is 3.07. The summed E-state index contributed by atoms with van der Waals surface area (Å²) in [6.45, 7) is 9.31. The Balaban J connectivity index is 2.17. The van der Waals surface area contributed by atoms with Crippen molar-refractivity contribution in [2.45, 2.75) is 27.7 Å². The summed E-state index contributed by atoms with van der Waals surface area (Å²) in [4.78, 5) is 28.4. The van der Waals surface area contributed by atoms with E-state index in [9.17, 15) is 9.59 Å². The lowest BCUT2D eigenvalue weighted by Gasteiger charge is -2.26. The van der Waals surface area contributed by atoms with Crippen LogP contribution in [0.5, 0.6) is 0 Å². The van der Waals surface area contributed by atoms with Crippen molar-refractivity contribution >= 4 is 28.9 Å². The number of hydrogen-bond acceptors (Lipinski definition) is 4. The fourth-order valence-corrected chi connectivity index (χ4v) is 3.07. The van der Waals surface area contributed by atoms with Gasteiger partial charge in [0, 0.05) is 37.1 Å². The van der Waals surface area contributed by atoms with Crippen LogP contribution in [0, 0.1) is 18.3 Å². The highest BCUT2D eigenvalue weighted by Crippen LogP contribution is 2.26. The Kier molecular flexibility index (Phi) is 7.16. The van der Waals surface area contributed by atoms with Gasteiger partial charge < -0.3 is 15.1 Å². The lowest BCUT2D eigenvalue weighted by Crippen LogP contribution is -2.37. The molecule has 0 heterocycles. The van der Waals surface area contributed by atoms with Gasteiger partial charge in [0.25, 0.3) is 0 Å². The smallest absolute Gasteiger partial charge is 0.244 e. The van der Waals surface area contributed by atoms with Crippen molar-refractivity contribution in [3.05, 3.63) is 53.6 Å². The topological polar surface area (TPSA) is 76.4 Å². The van der Waals surface area contributed by atoms with E-state index in [1.165, 1.54) is 11.8 Å². The molecular formula is C22H26N4O2. The quantitative estimate of drug-likeness (QED) is 0.797. The summed E-state index contributed by atoms with van der Waals surface area (Å²) in [6, 6.07) is 14.5. The molecule has 146 valence electrons. The van der Waals surface area contributed by atoms with Crippen LogP contribution in [-0.2, 0) is 9.59 Å². The van der Waals surface area contributed by atoms with E-state index in [0.717, 1.165) is 30.0 Å². The van der Waals surface area contributed by atoms with Crippen LogP contribution >= 0.6 is 0 Å². The molecule has 0 bridgehead atoms. The minimum absolute atomic E-state index is 0.0825. The Morgan fingerprint density at radius 3 is 2.21 bits per heavy atom. The molecule has 0 unspecified atom stereocenters. The maximum Gasteiger partial charge on any atom is 0.244 e. The van der Waals surface area contributed by atoms with Crippen molar-refractivity contribution in [3.63, 3.8) is 0 Å². The molecule has 0 aromatic heterocycles. The SMILES string of the molecule is CCN(CC)c1ccc(N(CC(=O)Nc2ccc(C#N)cc2)C(C)=O)c(C)c1. The predicted octanol–water partition coefficient (Wildman–Crippen LogP) is 3.70. The van der Waals surface area contributed by atoms with E-state index in [-0.39, 0.29) is 18.4 Å². The molecule has 0 spiro atoms. The molecule has 0 fully saturated rings. The second-order valence-corrected chi connectivity index (χ2v) is 6.49. The maximum absolute atomic E-state index is 12.5. The van der Waals surface area contributed by atoms with E-state index in [2.05, 4.69) is 24.1 Å². The van der Waals surface area contributed by atoms with Gasteiger partial charge in [0.15, 0.2) is 0 Å². The third-order valence-corrected chi connectivity index (χ3v) is 4.58. The van der Waals surface area contributed by atoms with Crippen LogP contribution in [0.3, 0.4) is 0 Å². The molecule has 0 aliphatic carbocycles. The number of hydrogen-bond donors (Lipinski definition) is 1.